The van der Waals surface area contributed by atoms with E-state index in [-0.39, 0.29) is 0 Å². The molecule has 6 heteroatoms. The number of likely N-dealkylation sites (tertiary alicyclic amines) is 1. The summed E-state index contributed by atoms with van der Waals surface area (Å²) in [4.78, 5) is 7.18. The Morgan fingerprint density at radius 1 is 1.35 bits per heavy atom. The van der Waals surface area contributed by atoms with E-state index in [2.05, 4.69) is 21.7 Å². The minimum absolute atomic E-state index is 0.291. The maximum atomic E-state index is 6.08. The molecule has 1 aromatic carbocycles. The van der Waals surface area contributed by atoms with Crippen LogP contribution in [0.5, 0.6) is 0 Å². The van der Waals surface area contributed by atoms with Crippen molar-refractivity contribution in [3.8, 4) is 0 Å². The first-order valence-electron chi connectivity index (χ1n) is 7.90. The van der Waals surface area contributed by atoms with Crippen LogP contribution < -0.4 is 0 Å². The second-order valence-corrected chi connectivity index (χ2v) is 6.66. The van der Waals surface area contributed by atoms with Crippen molar-refractivity contribution < 1.29 is 4.52 Å². The highest BCUT2D eigenvalue weighted by molar-refractivity contribution is 6.31. The van der Waals surface area contributed by atoms with E-state index >= 15 is 0 Å². The van der Waals surface area contributed by atoms with E-state index in [1.165, 1.54) is 6.42 Å². The van der Waals surface area contributed by atoms with E-state index in [9.17, 15) is 0 Å². The molecular weight excluding hydrogens is 312 g/mol. The van der Waals surface area contributed by atoms with Crippen molar-refractivity contribution in [2.24, 2.45) is 7.05 Å². The predicted octanol–water partition coefficient (Wildman–Crippen LogP) is 3.86. The number of fused-ring (bicyclic) bond motifs is 1. The normalized spacial score (nSPS) is 19.0. The van der Waals surface area contributed by atoms with Crippen LogP contribution in [0.2, 0.25) is 5.02 Å². The van der Waals surface area contributed by atoms with Gasteiger partial charge in [-0.25, -0.2) is 4.98 Å². The van der Waals surface area contributed by atoms with Crippen molar-refractivity contribution in [1.29, 1.82) is 0 Å². The van der Waals surface area contributed by atoms with E-state index in [1.807, 2.05) is 31.2 Å². The van der Waals surface area contributed by atoms with E-state index < -0.39 is 0 Å². The Balaban J connectivity index is 1.63. The molecule has 120 valence electrons. The molecule has 0 unspecified atom stereocenters. The lowest BCUT2D eigenvalue weighted by atomic mass is 10.1. The summed E-state index contributed by atoms with van der Waals surface area (Å²) in [6.07, 6.45) is 2.27. The molecule has 1 aliphatic rings. The summed E-state index contributed by atoms with van der Waals surface area (Å²) in [6.45, 7) is 3.81. The van der Waals surface area contributed by atoms with E-state index in [1.54, 1.807) is 0 Å². The van der Waals surface area contributed by atoms with Gasteiger partial charge in [-0.15, -0.1) is 0 Å². The van der Waals surface area contributed by atoms with Crippen LogP contribution in [-0.2, 0) is 13.6 Å². The molecular formula is C17H19ClN4O. The topological polar surface area (TPSA) is 47.1 Å². The smallest absolute Gasteiger partial charge is 0.154 e. The largest absolute Gasteiger partial charge is 0.359 e. The molecule has 0 radical (unpaired) electrons. The van der Waals surface area contributed by atoms with Gasteiger partial charge < -0.3 is 9.09 Å². The van der Waals surface area contributed by atoms with E-state index in [4.69, 9.17) is 21.1 Å². The van der Waals surface area contributed by atoms with Crippen LogP contribution in [0.1, 0.15) is 36.2 Å². The summed E-state index contributed by atoms with van der Waals surface area (Å²) in [5.74, 6) is 2.01. The summed E-state index contributed by atoms with van der Waals surface area (Å²) in [7, 11) is 2.06. The van der Waals surface area contributed by atoms with Gasteiger partial charge in [-0.3, -0.25) is 4.90 Å². The Kier molecular flexibility index (Phi) is 3.62. The number of aromatic nitrogens is 3. The fourth-order valence-corrected chi connectivity index (χ4v) is 3.59. The third-order valence-corrected chi connectivity index (χ3v) is 4.85. The molecule has 23 heavy (non-hydrogen) atoms. The van der Waals surface area contributed by atoms with E-state index in [0.717, 1.165) is 52.8 Å². The SMILES string of the molecule is Cc1cc([C@H]2CCCN2Cc2nc3cc(Cl)ccc3n2C)on1. The standard InChI is InChI=1S/C17H19ClN4O/c1-11-8-16(23-20-11)15-4-3-7-22(15)10-17-19-13-9-12(18)5-6-14(13)21(17)2/h5-6,8-9,15H,3-4,7,10H2,1-2H3/t15-/m1/s1. The number of aryl methyl sites for hydroxylation is 2. The summed E-state index contributed by atoms with van der Waals surface area (Å²) in [6, 6.07) is 8.18. The molecule has 0 saturated carbocycles. The Morgan fingerprint density at radius 3 is 3.00 bits per heavy atom. The number of imidazole rings is 1. The lowest BCUT2D eigenvalue weighted by molar-refractivity contribution is 0.201. The highest BCUT2D eigenvalue weighted by Crippen LogP contribution is 2.33. The fourth-order valence-electron chi connectivity index (χ4n) is 3.42. The molecule has 0 amide bonds. The predicted molar refractivity (Wildman–Crippen MR) is 89.3 cm³/mol. The van der Waals surface area contributed by atoms with Gasteiger partial charge in [-0.1, -0.05) is 16.8 Å². The van der Waals surface area contributed by atoms with Crippen LogP contribution in [0.15, 0.2) is 28.8 Å². The van der Waals surface area contributed by atoms with Gasteiger partial charge in [0, 0.05) is 18.1 Å². The second-order valence-electron chi connectivity index (χ2n) is 6.22. The van der Waals surface area contributed by atoms with Crippen molar-refractivity contribution in [2.45, 2.75) is 32.4 Å². The Labute approximate surface area is 139 Å². The molecule has 2 aromatic heterocycles. The van der Waals surface area contributed by atoms with Crippen LogP contribution in [0.4, 0.5) is 0 Å². The zero-order valence-corrected chi connectivity index (χ0v) is 14.0. The maximum Gasteiger partial charge on any atom is 0.154 e. The van der Waals surface area contributed by atoms with Gasteiger partial charge in [0.1, 0.15) is 5.82 Å². The van der Waals surface area contributed by atoms with Crippen LogP contribution in [0, 0.1) is 6.92 Å². The molecule has 5 nitrogen and oxygen atoms in total. The number of hydrogen-bond acceptors (Lipinski definition) is 4. The minimum Gasteiger partial charge on any atom is -0.359 e. The van der Waals surface area contributed by atoms with Crippen LogP contribution in [0.25, 0.3) is 11.0 Å². The maximum absolute atomic E-state index is 6.08. The second kappa shape index (κ2) is 5.65. The fraction of sp³-hybridized carbons (Fsp3) is 0.412. The first kappa shape index (κ1) is 14.7. The monoisotopic (exact) mass is 330 g/mol. The van der Waals surface area contributed by atoms with Crippen LogP contribution >= 0.6 is 11.6 Å². The Morgan fingerprint density at radius 2 is 2.22 bits per heavy atom. The first-order chi connectivity index (χ1) is 11.1. The number of halogens is 1. The molecule has 1 fully saturated rings. The molecule has 4 rings (SSSR count). The Bertz CT molecular complexity index is 854. The third-order valence-electron chi connectivity index (χ3n) is 4.62. The molecule has 1 saturated heterocycles. The lowest BCUT2D eigenvalue weighted by Crippen LogP contribution is -2.24. The molecule has 3 aromatic rings. The van der Waals surface area contributed by atoms with Gasteiger partial charge in [-0.05, 0) is 44.5 Å². The lowest BCUT2D eigenvalue weighted by Gasteiger charge is -2.21. The van der Waals surface area contributed by atoms with Crippen LogP contribution in [0.3, 0.4) is 0 Å². The number of nitrogens with zero attached hydrogens (tertiary/aromatic N) is 4. The number of benzene rings is 1. The molecule has 1 atom stereocenters. The van der Waals surface area contributed by atoms with Gasteiger partial charge in [0.05, 0.1) is 29.3 Å². The first-order valence-corrected chi connectivity index (χ1v) is 8.28. The molecule has 0 spiro atoms. The average Bonchev–Trinajstić information content (AvgIpc) is 3.20. The molecule has 0 aliphatic carbocycles. The van der Waals surface area contributed by atoms with Gasteiger partial charge in [0.15, 0.2) is 5.76 Å². The summed E-state index contributed by atoms with van der Waals surface area (Å²) in [5, 5.41) is 4.75. The number of rotatable bonds is 3. The van der Waals surface area contributed by atoms with Crippen molar-refractivity contribution in [1.82, 2.24) is 19.6 Å². The highest BCUT2D eigenvalue weighted by atomic mass is 35.5. The molecule has 0 N–H and O–H groups in total. The zero-order chi connectivity index (χ0) is 16.0. The van der Waals surface area contributed by atoms with Crippen LogP contribution in [-0.4, -0.2) is 26.2 Å². The van der Waals surface area contributed by atoms with Gasteiger partial charge in [0.2, 0.25) is 0 Å². The van der Waals surface area contributed by atoms with Gasteiger partial charge >= 0.3 is 0 Å². The molecule has 1 aliphatic heterocycles. The van der Waals surface area contributed by atoms with Crippen molar-refractivity contribution in [3.05, 3.63) is 46.6 Å². The average molecular weight is 331 g/mol. The minimum atomic E-state index is 0.291. The van der Waals surface area contributed by atoms with Crippen molar-refractivity contribution >= 4 is 22.6 Å². The summed E-state index contributed by atoms with van der Waals surface area (Å²) < 4.78 is 7.63. The number of hydrogen-bond donors (Lipinski definition) is 0. The van der Waals surface area contributed by atoms with E-state index in [0.29, 0.717) is 6.04 Å². The van der Waals surface area contributed by atoms with Gasteiger partial charge in [-0.2, -0.15) is 0 Å². The molecule has 3 heterocycles. The van der Waals surface area contributed by atoms with Crippen molar-refractivity contribution in [3.63, 3.8) is 0 Å². The van der Waals surface area contributed by atoms with Gasteiger partial charge in [0.25, 0.3) is 0 Å². The summed E-state index contributed by atoms with van der Waals surface area (Å²) in [5.41, 5.74) is 2.99. The quantitative estimate of drug-likeness (QED) is 0.731. The summed E-state index contributed by atoms with van der Waals surface area (Å²) >= 11 is 6.08. The molecule has 0 bridgehead atoms. The zero-order valence-electron chi connectivity index (χ0n) is 13.3. The Hall–Kier alpha value is -1.85. The third kappa shape index (κ3) is 2.64. The highest BCUT2D eigenvalue weighted by Gasteiger charge is 2.30. The van der Waals surface area contributed by atoms with Crippen molar-refractivity contribution in [2.75, 3.05) is 6.54 Å².